The Morgan fingerprint density at radius 2 is 1.85 bits per heavy atom. The van der Waals surface area contributed by atoms with Crippen LogP contribution in [-0.4, -0.2) is 59.6 Å². The molecule has 0 spiro atoms. The van der Waals surface area contributed by atoms with Gasteiger partial charge in [-0.15, -0.1) is 0 Å². The van der Waals surface area contributed by atoms with Gasteiger partial charge in [0.05, 0.1) is 30.3 Å². The average molecular weight is 604 g/mol. The van der Waals surface area contributed by atoms with Crippen LogP contribution in [0.2, 0.25) is 0 Å². The highest BCUT2D eigenvalue weighted by Gasteiger charge is 2.23. The number of benzene rings is 3. The predicted octanol–water partition coefficient (Wildman–Crippen LogP) is 5.48. The molecule has 6 rings (SSSR count). The van der Waals surface area contributed by atoms with Gasteiger partial charge in [0.25, 0.3) is 11.5 Å². The number of aromatic nitrogens is 2. The zero-order valence-corrected chi connectivity index (χ0v) is 23.8. The molecule has 206 valence electrons. The Labute approximate surface area is 240 Å². The number of rotatable bonds is 6. The Morgan fingerprint density at radius 3 is 2.67 bits per heavy atom. The van der Waals surface area contributed by atoms with Crippen molar-refractivity contribution in [1.29, 1.82) is 0 Å². The molecule has 0 N–H and O–H groups in total. The van der Waals surface area contributed by atoms with E-state index in [0.29, 0.717) is 54.3 Å². The highest BCUT2D eigenvalue weighted by Crippen LogP contribution is 2.32. The third-order valence-electron chi connectivity index (χ3n) is 7.75. The molecule has 0 radical (unpaired) electrons. The lowest BCUT2D eigenvalue weighted by atomic mass is 9.88. The first-order valence-electron chi connectivity index (χ1n) is 13.8. The van der Waals surface area contributed by atoms with Crippen molar-refractivity contribution in [2.24, 2.45) is 5.10 Å². The summed E-state index contributed by atoms with van der Waals surface area (Å²) in [5.41, 5.74) is 1.19. The molecule has 2 aliphatic rings. The standard InChI is InChI=1S/C31H31BrN4O4/c32-23-11-12-27-25(18-23)31(38)36(30(34-27)22-7-2-1-3-8-22)33-19-26-24-9-5-4-6-21(24)10-13-28(26)40-20-29(37)35-14-16-39-17-15-35/h4-6,9-13,18-19,22H,1-3,7-8,14-17,20H2. The number of ether oxygens (including phenoxy) is 2. The van der Waals surface area contributed by atoms with Crippen LogP contribution >= 0.6 is 15.9 Å². The van der Waals surface area contributed by atoms with Crippen molar-refractivity contribution in [1.82, 2.24) is 14.6 Å². The molecule has 2 fully saturated rings. The zero-order valence-electron chi connectivity index (χ0n) is 22.2. The first-order chi connectivity index (χ1) is 19.6. The molecule has 3 aromatic carbocycles. The number of carbonyl (C=O) groups is 1. The summed E-state index contributed by atoms with van der Waals surface area (Å²) >= 11 is 3.49. The first kappa shape index (κ1) is 26.7. The molecule has 40 heavy (non-hydrogen) atoms. The molecule has 9 heteroatoms. The van der Waals surface area contributed by atoms with E-state index in [1.807, 2.05) is 48.5 Å². The van der Waals surface area contributed by atoms with Gasteiger partial charge in [0.1, 0.15) is 11.6 Å². The van der Waals surface area contributed by atoms with Gasteiger partial charge in [-0.3, -0.25) is 9.59 Å². The highest BCUT2D eigenvalue weighted by atomic mass is 79.9. The number of fused-ring (bicyclic) bond motifs is 2. The summed E-state index contributed by atoms with van der Waals surface area (Å²) in [7, 11) is 0. The fourth-order valence-corrected chi connectivity index (χ4v) is 5.96. The summed E-state index contributed by atoms with van der Waals surface area (Å²) < 4.78 is 13.7. The van der Waals surface area contributed by atoms with E-state index in [0.717, 1.165) is 40.9 Å². The van der Waals surface area contributed by atoms with Crippen molar-refractivity contribution in [3.05, 3.63) is 80.8 Å². The lowest BCUT2D eigenvalue weighted by molar-refractivity contribution is -0.137. The van der Waals surface area contributed by atoms with E-state index in [1.165, 1.54) is 11.1 Å². The fourth-order valence-electron chi connectivity index (χ4n) is 5.60. The predicted molar refractivity (Wildman–Crippen MR) is 159 cm³/mol. The van der Waals surface area contributed by atoms with E-state index < -0.39 is 0 Å². The second-order valence-corrected chi connectivity index (χ2v) is 11.2. The van der Waals surface area contributed by atoms with Crippen LogP contribution in [0.4, 0.5) is 0 Å². The number of carbonyl (C=O) groups excluding carboxylic acids is 1. The van der Waals surface area contributed by atoms with Crippen molar-refractivity contribution in [3.63, 3.8) is 0 Å². The third-order valence-corrected chi connectivity index (χ3v) is 8.24. The van der Waals surface area contributed by atoms with E-state index in [-0.39, 0.29) is 24.0 Å². The quantitative estimate of drug-likeness (QED) is 0.273. The third kappa shape index (κ3) is 5.53. The Morgan fingerprint density at radius 1 is 1.05 bits per heavy atom. The van der Waals surface area contributed by atoms with Crippen LogP contribution in [0, 0.1) is 0 Å². The van der Waals surface area contributed by atoms with Gasteiger partial charge in [-0.1, -0.05) is 65.5 Å². The maximum atomic E-state index is 13.8. The van der Waals surface area contributed by atoms with Crippen LogP contribution in [0.1, 0.15) is 49.4 Å². The summed E-state index contributed by atoms with van der Waals surface area (Å²) in [6.45, 7) is 2.11. The van der Waals surface area contributed by atoms with Gasteiger partial charge < -0.3 is 14.4 Å². The van der Waals surface area contributed by atoms with E-state index in [9.17, 15) is 9.59 Å². The Kier molecular flexibility index (Phi) is 7.93. The van der Waals surface area contributed by atoms with Crippen molar-refractivity contribution in [3.8, 4) is 5.75 Å². The number of hydrogen-bond donors (Lipinski definition) is 0. The minimum atomic E-state index is -0.201. The van der Waals surface area contributed by atoms with E-state index in [1.54, 1.807) is 17.2 Å². The van der Waals surface area contributed by atoms with Gasteiger partial charge in [-0.05, 0) is 47.9 Å². The van der Waals surface area contributed by atoms with E-state index in [2.05, 4.69) is 15.9 Å². The fraction of sp³-hybridized carbons (Fsp3) is 0.355. The molecular weight excluding hydrogens is 572 g/mol. The average Bonchev–Trinajstić information content (AvgIpc) is 3.00. The smallest absolute Gasteiger partial charge is 0.282 e. The Balaban J connectivity index is 1.41. The van der Waals surface area contributed by atoms with Crippen LogP contribution < -0.4 is 10.3 Å². The molecule has 8 nitrogen and oxygen atoms in total. The van der Waals surface area contributed by atoms with Crippen molar-refractivity contribution in [2.45, 2.75) is 38.0 Å². The maximum Gasteiger partial charge on any atom is 0.282 e. The van der Waals surface area contributed by atoms with Crippen LogP contribution in [0.3, 0.4) is 0 Å². The molecule has 4 aromatic rings. The van der Waals surface area contributed by atoms with Crippen molar-refractivity contribution in [2.75, 3.05) is 32.9 Å². The van der Waals surface area contributed by atoms with Crippen LogP contribution in [0.5, 0.6) is 5.75 Å². The number of hydrogen-bond acceptors (Lipinski definition) is 6. The summed E-state index contributed by atoms with van der Waals surface area (Å²) in [5, 5.41) is 7.21. The number of halogens is 1. The van der Waals surface area contributed by atoms with Gasteiger partial charge in [-0.25, -0.2) is 4.98 Å². The molecule has 1 aromatic heterocycles. The number of morpholine rings is 1. The topological polar surface area (TPSA) is 86.0 Å². The molecule has 0 bridgehead atoms. The second-order valence-electron chi connectivity index (χ2n) is 10.3. The second kappa shape index (κ2) is 11.9. The Bertz CT molecular complexity index is 1640. The molecule has 1 saturated heterocycles. The SMILES string of the molecule is O=C(COc1ccc2ccccc2c1C=Nn1c(C2CCCCC2)nc2ccc(Br)cc2c1=O)N1CCOCC1. The van der Waals surface area contributed by atoms with E-state index >= 15 is 0 Å². The first-order valence-corrected chi connectivity index (χ1v) is 14.6. The lowest BCUT2D eigenvalue weighted by Crippen LogP contribution is -2.43. The van der Waals surface area contributed by atoms with Crippen LogP contribution in [0.25, 0.3) is 21.7 Å². The van der Waals surface area contributed by atoms with Gasteiger partial charge in [0.15, 0.2) is 6.61 Å². The van der Waals surface area contributed by atoms with Crippen molar-refractivity contribution >= 4 is 49.7 Å². The largest absolute Gasteiger partial charge is 0.483 e. The number of nitrogens with zero attached hydrogens (tertiary/aromatic N) is 4. The molecule has 1 saturated carbocycles. The van der Waals surface area contributed by atoms with Crippen LogP contribution in [-0.2, 0) is 9.53 Å². The lowest BCUT2D eigenvalue weighted by Gasteiger charge is -2.26. The minimum Gasteiger partial charge on any atom is -0.483 e. The van der Waals surface area contributed by atoms with Crippen molar-refractivity contribution < 1.29 is 14.3 Å². The molecule has 0 atom stereocenters. The normalized spacial score (nSPS) is 16.7. The monoisotopic (exact) mass is 602 g/mol. The van der Waals surface area contributed by atoms with Gasteiger partial charge >= 0.3 is 0 Å². The summed E-state index contributed by atoms with van der Waals surface area (Å²) in [4.78, 5) is 33.3. The maximum absolute atomic E-state index is 13.8. The number of amides is 1. The zero-order chi connectivity index (χ0) is 27.5. The Hall–Kier alpha value is -3.56. The summed E-state index contributed by atoms with van der Waals surface area (Å²) in [5.74, 6) is 1.31. The molecule has 1 amide bonds. The van der Waals surface area contributed by atoms with Gasteiger partial charge in [0, 0.05) is 29.0 Å². The minimum absolute atomic E-state index is 0.0838. The van der Waals surface area contributed by atoms with Gasteiger partial charge in [-0.2, -0.15) is 9.78 Å². The molecule has 1 aliphatic heterocycles. The van der Waals surface area contributed by atoms with E-state index in [4.69, 9.17) is 19.6 Å². The molecule has 1 aliphatic carbocycles. The molecule has 2 heterocycles. The molecule has 0 unspecified atom stereocenters. The highest BCUT2D eigenvalue weighted by molar-refractivity contribution is 9.10. The van der Waals surface area contributed by atoms with Gasteiger partial charge in [0.2, 0.25) is 0 Å². The summed E-state index contributed by atoms with van der Waals surface area (Å²) in [6, 6.07) is 17.4. The summed E-state index contributed by atoms with van der Waals surface area (Å²) in [6.07, 6.45) is 7.06. The molecular formula is C31H31BrN4O4. The van der Waals surface area contributed by atoms with Crippen LogP contribution in [0.15, 0.2) is 69.0 Å².